The Kier molecular flexibility index (Phi) is 4.54. The largest absolute Gasteiger partial charge is 0.308 e. The first-order valence-corrected chi connectivity index (χ1v) is 4.80. The second kappa shape index (κ2) is 4.66. The maximum Gasteiger partial charge on any atom is 0.0247 e. The molecule has 0 aliphatic rings. The fourth-order valence-corrected chi connectivity index (χ4v) is 0.924. The SMILES string of the molecule is C=CC(CC)NC(C)C(C)(C)C. The highest BCUT2D eigenvalue weighted by Crippen LogP contribution is 2.19. The van der Waals surface area contributed by atoms with Gasteiger partial charge in [0.05, 0.1) is 0 Å². The second-order valence-corrected chi connectivity index (χ2v) is 4.50. The summed E-state index contributed by atoms with van der Waals surface area (Å²) >= 11 is 0. The van der Waals surface area contributed by atoms with E-state index in [1.54, 1.807) is 0 Å². The van der Waals surface area contributed by atoms with Crippen LogP contribution in [-0.2, 0) is 0 Å². The molecule has 0 heterocycles. The van der Waals surface area contributed by atoms with Crippen LogP contribution in [0.1, 0.15) is 41.0 Å². The Morgan fingerprint density at radius 1 is 1.42 bits per heavy atom. The molecule has 0 amide bonds. The van der Waals surface area contributed by atoms with Crippen molar-refractivity contribution in [2.24, 2.45) is 5.41 Å². The van der Waals surface area contributed by atoms with Gasteiger partial charge in [-0.2, -0.15) is 0 Å². The van der Waals surface area contributed by atoms with E-state index < -0.39 is 0 Å². The van der Waals surface area contributed by atoms with E-state index in [0.717, 1.165) is 6.42 Å². The first kappa shape index (κ1) is 11.7. The van der Waals surface area contributed by atoms with E-state index in [1.165, 1.54) is 0 Å². The maximum absolute atomic E-state index is 3.80. The Morgan fingerprint density at radius 3 is 2.17 bits per heavy atom. The summed E-state index contributed by atoms with van der Waals surface area (Å²) in [4.78, 5) is 0. The van der Waals surface area contributed by atoms with E-state index in [1.807, 2.05) is 6.08 Å². The van der Waals surface area contributed by atoms with Gasteiger partial charge in [-0.3, -0.25) is 0 Å². The standard InChI is InChI=1S/C11H23N/c1-7-10(8-2)12-9(3)11(4,5)6/h7,9-10,12H,1,8H2,2-6H3. The van der Waals surface area contributed by atoms with Crippen LogP contribution in [0, 0.1) is 5.41 Å². The van der Waals surface area contributed by atoms with Crippen LogP contribution in [0.2, 0.25) is 0 Å². The van der Waals surface area contributed by atoms with Crippen molar-refractivity contribution in [2.75, 3.05) is 0 Å². The average Bonchev–Trinajstić information content (AvgIpc) is 1.97. The molecule has 2 unspecified atom stereocenters. The molecule has 1 nitrogen and oxygen atoms in total. The second-order valence-electron chi connectivity index (χ2n) is 4.50. The number of rotatable bonds is 4. The maximum atomic E-state index is 3.80. The van der Waals surface area contributed by atoms with Crippen molar-refractivity contribution in [3.63, 3.8) is 0 Å². The lowest BCUT2D eigenvalue weighted by atomic mass is 9.87. The van der Waals surface area contributed by atoms with Gasteiger partial charge in [0.15, 0.2) is 0 Å². The van der Waals surface area contributed by atoms with Crippen molar-refractivity contribution in [1.82, 2.24) is 5.32 Å². The summed E-state index contributed by atoms with van der Waals surface area (Å²) in [5.41, 5.74) is 0.330. The van der Waals surface area contributed by atoms with Crippen molar-refractivity contribution >= 4 is 0 Å². The lowest BCUT2D eigenvalue weighted by Gasteiger charge is -2.31. The molecular weight excluding hydrogens is 146 g/mol. The van der Waals surface area contributed by atoms with E-state index in [2.05, 4.69) is 46.5 Å². The molecule has 1 N–H and O–H groups in total. The predicted molar refractivity (Wildman–Crippen MR) is 56.3 cm³/mol. The first-order valence-electron chi connectivity index (χ1n) is 4.80. The van der Waals surface area contributed by atoms with Crippen LogP contribution >= 0.6 is 0 Å². The van der Waals surface area contributed by atoms with Crippen LogP contribution < -0.4 is 5.32 Å². The molecule has 12 heavy (non-hydrogen) atoms. The van der Waals surface area contributed by atoms with Crippen molar-refractivity contribution in [3.05, 3.63) is 12.7 Å². The quantitative estimate of drug-likeness (QED) is 0.638. The Bertz CT molecular complexity index is 132. The third-order valence-corrected chi connectivity index (χ3v) is 2.49. The van der Waals surface area contributed by atoms with Gasteiger partial charge >= 0.3 is 0 Å². The molecule has 0 saturated carbocycles. The van der Waals surface area contributed by atoms with Crippen LogP contribution in [0.15, 0.2) is 12.7 Å². The van der Waals surface area contributed by atoms with Gasteiger partial charge in [-0.05, 0) is 18.8 Å². The zero-order valence-electron chi connectivity index (χ0n) is 9.15. The third kappa shape index (κ3) is 3.91. The van der Waals surface area contributed by atoms with E-state index >= 15 is 0 Å². The van der Waals surface area contributed by atoms with E-state index in [4.69, 9.17) is 0 Å². The highest BCUT2D eigenvalue weighted by Gasteiger charge is 2.20. The minimum atomic E-state index is 0.330. The number of hydrogen-bond donors (Lipinski definition) is 1. The monoisotopic (exact) mass is 169 g/mol. The van der Waals surface area contributed by atoms with Gasteiger partial charge in [0.1, 0.15) is 0 Å². The molecule has 0 aliphatic carbocycles. The lowest BCUT2D eigenvalue weighted by molar-refractivity contribution is 0.272. The fraction of sp³-hybridized carbons (Fsp3) is 0.818. The van der Waals surface area contributed by atoms with Gasteiger partial charge in [-0.25, -0.2) is 0 Å². The van der Waals surface area contributed by atoms with E-state index in [-0.39, 0.29) is 0 Å². The highest BCUT2D eigenvalue weighted by atomic mass is 14.9. The number of nitrogens with one attached hydrogen (secondary N) is 1. The molecule has 0 bridgehead atoms. The molecule has 72 valence electrons. The third-order valence-electron chi connectivity index (χ3n) is 2.49. The molecule has 0 aromatic carbocycles. The summed E-state index contributed by atoms with van der Waals surface area (Å²) < 4.78 is 0. The summed E-state index contributed by atoms with van der Waals surface area (Å²) in [7, 11) is 0. The zero-order valence-corrected chi connectivity index (χ0v) is 9.15. The van der Waals surface area contributed by atoms with Crippen molar-refractivity contribution in [1.29, 1.82) is 0 Å². The van der Waals surface area contributed by atoms with Gasteiger partial charge in [0.25, 0.3) is 0 Å². The predicted octanol–water partition coefficient (Wildman–Crippen LogP) is 2.98. The van der Waals surface area contributed by atoms with Gasteiger partial charge in [0, 0.05) is 12.1 Å². The van der Waals surface area contributed by atoms with Crippen LogP contribution in [0.4, 0.5) is 0 Å². The van der Waals surface area contributed by atoms with Crippen LogP contribution in [-0.4, -0.2) is 12.1 Å². The Morgan fingerprint density at radius 2 is 1.92 bits per heavy atom. The molecular formula is C11H23N. The topological polar surface area (TPSA) is 12.0 Å². The molecule has 0 radical (unpaired) electrons. The molecule has 0 aromatic rings. The summed E-state index contributed by atoms with van der Waals surface area (Å²) in [5.74, 6) is 0. The Hall–Kier alpha value is -0.300. The van der Waals surface area contributed by atoms with Crippen molar-refractivity contribution < 1.29 is 0 Å². The normalized spacial score (nSPS) is 17.1. The van der Waals surface area contributed by atoms with E-state index in [0.29, 0.717) is 17.5 Å². The highest BCUT2D eigenvalue weighted by molar-refractivity contribution is 4.89. The van der Waals surface area contributed by atoms with Crippen LogP contribution in [0.5, 0.6) is 0 Å². The summed E-state index contributed by atoms with van der Waals surface area (Å²) in [6, 6.07) is 0.986. The van der Waals surface area contributed by atoms with Crippen LogP contribution in [0.25, 0.3) is 0 Å². The minimum Gasteiger partial charge on any atom is -0.308 e. The summed E-state index contributed by atoms with van der Waals surface area (Å²) in [6.07, 6.45) is 3.10. The minimum absolute atomic E-state index is 0.330. The van der Waals surface area contributed by atoms with Gasteiger partial charge in [0.2, 0.25) is 0 Å². The smallest absolute Gasteiger partial charge is 0.0247 e. The van der Waals surface area contributed by atoms with Crippen molar-refractivity contribution in [3.8, 4) is 0 Å². The van der Waals surface area contributed by atoms with Gasteiger partial charge in [-0.15, -0.1) is 6.58 Å². The molecule has 2 atom stereocenters. The summed E-state index contributed by atoms with van der Waals surface area (Å²) in [6.45, 7) is 15.0. The first-order chi connectivity index (χ1) is 5.41. The van der Waals surface area contributed by atoms with Crippen LogP contribution in [0.3, 0.4) is 0 Å². The number of hydrogen-bond acceptors (Lipinski definition) is 1. The summed E-state index contributed by atoms with van der Waals surface area (Å²) in [5, 5.41) is 3.54. The molecule has 0 saturated heterocycles. The fourth-order valence-electron chi connectivity index (χ4n) is 0.924. The zero-order chi connectivity index (χ0) is 9.78. The Balaban J connectivity index is 3.98. The Labute approximate surface area is 77.2 Å². The van der Waals surface area contributed by atoms with Crippen molar-refractivity contribution in [2.45, 2.75) is 53.1 Å². The molecule has 0 aliphatic heterocycles. The lowest BCUT2D eigenvalue weighted by Crippen LogP contribution is -2.42. The molecule has 0 spiro atoms. The molecule has 0 rings (SSSR count). The van der Waals surface area contributed by atoms with E-state index in [9.17, 15) is 0 Å². The molecule has 0 aromatic heterocycles. The van der Waals surface area contributed by atoms with Gasteiger partial charge < -0.3 is 5.32 Å². The molecule has 1 heteroatoms. The van der Waals surface area contributed by atoms with Gasteiger partial charge in [-0.1, -0.05) is 33.8 Å². The molecule has 0 fully saturated rings. The average molecular weight is 169 g/mol.